The minimum Gasteiger partial charge on any atom is -0.294 e. The number of halogens is 9. The zero-order valence-electron chi connectivity index (χ0n) is 14.1. The highest BCUT2D eigenvalue weighted by atomic mass is 19.4. The average Bonchev–Trinajstić information content (AvgIpc) is 2.53. The Kier molecular flexibility index (Phi) is 5.12. The molecule has 0 amide bonds. The molecule has 0 spiro atoms. The average molecular weight is 406 g/mol. The largest absolute Gasteiger partial charge is 0.460 e. The van der Waals surface area contributed by atoms with Crippen LogP contribution in [-0.4, -0.2) is 29.7 Å². The Morgan fingerprint density at radius 2 is 1.41 bits per heavy atom. The standard InChI is InChI=1S/C17H15F9O/c1-8(2)11-7-12(13(27)10-6-4-3-5-9(10)11)14(18,19)15(20,21)16(22,23)17(24,25)26/h3-6,8,11-12H,7H2,1-2H3. The van der Waals surface area contributed by atoms with Crippen LogP contribution in [0.4, 0.5) is 39.5 Å². The predicted molar refractivity (Wildman–Crippen MR) is 77.4 cm³/mol. The smallest absolute Gasteiger partial charge is 0.294 e. The molecule has 0 N–H and O–H groups in total. The number of alkyl halides is 9. The summed E-state index contributed by atoms with van der Waals surface area (Å²) in [6, 6.07) is 5.22. The van der Waals surface area contributed by atoms with Crippen molar-refractivity contribution in [3.05, 3.63) is 35.4 Å². The number of hydrogen-bond donors (Lipinski definition) is 0. The lowest BCUT2D eigenvalue weighted by Crippen LogP contribution is -2.64. The Balaban J connectivity index is 2.58. The zero-order chi connectivity index (χ0) is 21.0. The predicted octanol–water partition coefficient (Wildman–Crippen LogP) is 6.10. The maximum absolute atomic E-state index is 14.3. The van der Waals surface area contributed by atoms with E-state index in [1.165, 1.54) is 32.0 Å². The molecule has 0 bridgehead atoms. The molecule has 1 nitrogen and oxygen atoms in total. The molecule has 1 aliphatic rings. The van der Waals surface area contributed by atoms with Crippen molar-refractivity contribution in [1.82, 2.24) is 0 Å². The van der Waals surface area contributed by atoms with Gasteiger partial charge in [-0.25, -0.2) is 0 Å². The van der Waals surface area contributed by atoms with Crippen molar-refractivity contribution in [2.45, 2.75) is 50.1 Å². The van der Waals surface area contributed by atoms with Gasteiger partial charge in [-0.3, -0.25) is 4.79 Å². The molecule has 0 radical (unpaired) electrons. The third kappa shape index (κ3) is 3.10. The summed E-state index contributed by atoms with van der Waals surface area (Å²) in [6.07, 6.45) is -7.88. The molecule has 2 atom stereocenters. The van der Waals surface area contributed by atoms with E-state index in [4.69, 9.17) is 0 Å². The summed E-state index contributed by atoms with van der Waals surface area (Å²) < 4.78 is 120. The first-order valence-corrected chi connectivity index (χ1v) is 7.90. The molecule has 0 saturated carbocycles. The molecule has 27 heavy (non-hydrogen) atoms. The second-order valence-electron chi connectivity index (χ2n) is 6.86. The van der Waals surface area contributed by atoms with Crippen LogP contribution in [0.2, 0.25) is 0 Å². The number of fused-ring (bicyclic) bond motifs is 1. The lowest BCUT2D eigenvalue weighted by molar-refractivity contribution is -0.401. The highest BCUT2D eigenvalue weighted by Gasteiger charge is 2.83. The SMILES string of the molecule is CC(C)C1CC(C(F)(F)C(F)(F)C(F)(F)C(F)(F)F)C(=O)c2ccccc21. The van der Waals surface area contributed by atoms with Gasteiger partial charge in [0.15, 0.2) is 5.78 Å². The molecule has 2 rings (SSSR count). The maximum Gasteiger partial charge on any atom is 0.460 e. The van der Waals surface area contributed by atoms with E-state index in [9.17, 15) is 44.3 Å². The van der Waals surface area contributed by atoms with Gasteiger partial charge in [-0.2, -0.15) is 39.5 Å². The van der Waals surface area contributed by atoms with Crippen molar-refractivity contribution in [3.63, 3.8) is 0 Å². The Morgan fingerprint density at radius 1 is 0.889 bits per heavy atom. The molecule has 1 aromatic carbocycles. The van der Waals surface area contributed by atoms with Crippen LogP contribution < -0.4 is 0 Å². The van der Waals surface area contributed by atoms with Crippen molar-refractivity contribution in [2.24, 2.45) is 11.8 Å². The number of carbonyl (C=O) groups is 1. The van der Waals surface area contributed by atoms with E-state index in [0.29, 0.717) is 0 Å². The first-order valence-electron chi connectivity index (χ1n) is 7.90. The topological polar surface area (TPSA) is 17.1 Å². The van der Waals surface area contributed by atoms with E-state index in [1.807, 2.05) is 0 Å². The first-order chi connectivity index (χ1) is 12.1. The van der Waals surface area contributed by atoms with E-state index < -0.39 is 53.9 Å². The van der Waals surface area contributed by atoms with Crippen molar-refractivity contribution >= 4 is 5.78 Å². The Hall–Kier alpha value is -1.74. The fraction of sp³-hybridized carbons (Fsp3) is 0.588. The van der Waals surface area contributed by atoms with Crippen molar-refractivity contribution in [2.75, 3.05) is 0 Å². The summed E-state index contributed by atoms with van der Waals surface area (Å²) >= 11 is 0. The molecule has 0 heterocycles. The lowest BCUT2D eigenvalue weighted by atomic mass is 9.68. The summed E-state index contributed by atoms with van der Waals surface area (Å²) in [4.78, 5) is 12.3. The Bertz CT molecular complexity index is 721. The van der Waals surface area contributed by atoms with Crippen molar-refractivity contribution < 1.29 is 44.3 Å². The van der Waals surface area contributed by atoms with E-state index in [-0.39, 0.29) is 11.1 Å². The molecule has 2 unspecified atom stereocenters. The molecule has 152 valence electrons. The van der Waals surface area contributed by atoms with Crippen LogP contribution in [-0.2, 0) is 0 Å². The molecule has 0 fully saturated rings. The van der Waals surface area contributed by atoms with Gasteiger partial charge in [0.2, 0.25) is 0 Å². The third-order valence-corrected chi connectivity index (χ3v) is 4.84. The molecular formula is C17H15F9O. The van der Waals surface area contributed by atoms with Crippen LogP contribution >= 0.6 is 0 Å². The molecule has 0 aromatic heterocycles. The number of carbonyl (C=O) groups excluding carboxylic acids is 1. The summed E-state index contributed by atoms with van der Waals surface area (Å²) in [5, 5.41) is 0. The molecule has 1 aliphatic carbocycles. The molecular weight excluding hydrogens is 391 g/mol. The summed E-state index contributed by atoms with van der Waals surface area (Å²) in [5.74, 6) is -25.6. The normalized spacial score (nSPS) is 22.1. The summed E-state index contributed by atoms with van der Waals surface area (Å²) in [5.41, 5.74) is -0.103. The maximum atomic E-state index is 14.3. The van der Waals surface area contributed by atoms with Crippen LogP contribution in [0.1, 0.15) is 42.1 Å². The molecule has 10 heteroatoms. The van der Waals surface area contributed by atoms with Crippen molar-refractivity contribution in [1.29, 1.82) is 0 Å². The van der Waals surface area contributed by atoms with Gasteiger partial charge < -0.3 is 0 Å². The fourth-order valence-corrected chi connectivity index (χ4v) is 3.27. The van der Waals surface area contributed by atoms with Gasteiger partial charge in [0.1, 0.15) is 0 Å². The molecule has 0 saturated heterocycles. The second-order valence-corrected chi connectivity index (χ2v) is 6.86. The van der Waals surface area contributed by atoms with Crippen molar-refractivity contribution in [3.8, 4) is 0 Å². The number of hydrogen-bond acceptors (Lipinski definition) is 1. The van der Waals surface area contributed by atoms with E-state index in [0.717, 1.165) is 6.07 Å². The quantitative estimate of drug-likeness (QED) is 0.553. The van der Waals surface area contributed by atoms with Gasteiger partial charge >= 0.3 is 23.9 Å². The highest BCUT2D eigenvalue weighted by Crippen LogP contribution is 2.58. The van der Waals surface area contributed by atoms with Gasteiger partial charge in [-0.15, -0.1) is 0 Å². The molecule has 0 aliphatic heterocycles. The van der Waals surface area contributed by atoms with E-state index >= 15 is 0 Å². The summed E-state index contributed by atoms with van der Waals surface area (Å²) in [6.45, 7) is 3.07. The monoisotopic (exact) mass is 406 g/mol. The Morgan fingerprint density at radius 3 is 1.89 bits per heavy atom. The van der Waals surface area contributed by atoms with Crippen LogP contribution in [0, 0.1) is 11.8 Å². The minimum absolute atomic E-state index is 0.274. The number of ketones is 1. The second kappa shape index (κ2) is 6.41. The minimum atomic E-state index is -7.01. The van der Waals surface area contributed by atoms with E-state index in [2.05, 4.69) is 0 Å². The summed E-state index contributed by atoms with van der Waals surface area (Å²) in [7, 11) is 0. The first kappa shape index (κ1) is 21.6. The third-order valence-electron chi connectivity index (χ3n) is 4.84. The molecule has 1 aromatic rings. The van der Waals surface area contributed by atoms with Gasteiger partial charge in [-0.05, 0) is 23.8 Å². The highest BCUT2D eigenvalue weighted by molar-refractivity contribution is 6.01. The van der Waals surface area contributed by atoms with Crippen LogP contribution in [0.15, 0.2) is 24.3 Å². The fourth-order valence-electron chi connectivity index (χ4n) is 3.27. The van der Waals surface area contributed by atoms with Gasteiger partial charge in [0, 0.05) is 5.56 Å². The number of Topliss-reactive ketones (excluding diaryl/α,β-unsaturated/α-hetero) is 1. The van der Waals surface area contributed by atoms with Gasteiger partial charge in [0.05, 0.1) is 5.92 Å². The zero-order valence-corrected chi connectivity index (χ0v) is 14.1. The number of benzene rings is 1. The van der Waals surface area contributed by atoms with E-state index in [1.54, 1.807) is 0 Å². The van der Waals surface area contributed by atoms with Gasteiger partial charge in [0.25, 0.3) is 0 Å². The van der Waals surface area contributed by atoms with Gasteiger partial charge in [-0.1, -0.05) is 38.1 Å². The lowest BCUT2D eigenvalue weighted by Gasteiger charge is -2.41. The van der Waals surface area contributed by atoms with Crippen LogP contribution in [0.5, 0.6) is 0 Å². The van der Waals surface area contributed by atoms with Crippen LogP contribution in [0.3, 0.4) is 0 Å². The Labute approximate surface area is 148 Å². The number of rotatable bonds is 4. The van der Waals surface area contributed by atoms with Crippen LogP contribution in [0.25, 0.3) is 0 Å².